The first-order valence-electron chi connectivity index (χ1n) is 7.56. The summed E-state index contributed by atoms with van der Waals surface area (Å²) in [6.45, 7) is -1.39. The van der Waals surface area contributed by atoms with Crippen LogP contribution in [0.5, 0.6) is 5.75 Å². The maximum Gasteiger partial charge on any atom is 0.469 e. The monoisotopic (exact) mass is 407 g/mol. The van der Waals surface area contributed by atoms with Gasteiger partial charge in [0.1, 0.15) is 11.9 Å². The molecule has 27 heavy (non-hydrogen) atoms. The quantitative estimate of drug-likeness (QED) is 0.154. The van der Waals surface area contributed by atoms with Crippen LogP contribution >= 0.6 is 7.82 Å². The van der Waals surface area contributed by atoms with Crippen LogP contribution in [0.15, 0.2) is 24.3 Å². The lowest BCUT2D eigenvalue weighted by Gasteiger charge is -2.15. The fraction of sp³-hybridized carbons (Fsp3) is 0.429. The molecule has 0 saturated heterocycles. The van der Waals surface area contributed by atoms with E-state index in [0.717, 1.165) is 0 Å². The number of phosphoric acid groups is 1. The zero-order valence-corrected chi connectivity index (χ0v) is 14.8. The molecule has 12 nitrogen and oxygen atoms in total. The molecular formula is C14H18NO11P. The average molecular weight is 407 g/mol. The highest BCUT2D eigenvalue weighted by molar-refractivity contribution is 7.46. The average Bonchev–Trinajstić information content (AvgIpc) is 2.58. The van der Waals surface area contributed by atoms with Crippen molar-refractivity contribution in [2.75, 3.05) is 13.2 Å². The first-order valence-corrected chi connectivity index (χ1v) is 9.09. The third-order valence-electron chi connectivity index (χ3n) is 2.97. The number of aliphatic hydroxyl groups excluding tert-OH is 1. The molecule has 3 N–H and O–H groups in total. The van der Waals surface area contributed by atoms with Crippen LogP contribution in [0.4, 0.5) is 5.69 Å². The number of carbonyl (C=O) groups excluding carboxylic acids is 2. The Morgan fingerprint density at radius 3 is 2.26 bits per heavy atom. The molecule has 0 radical (unpaired) electrons. The Hall–Kier alpha value is -2.37. The molecule has 0 heterocycles. The van der Waals surface area contributed by atoms with E-state index in [1.807, 2.05) is 0 Å². The second kappa shape index (κ2) is 10.7. The maximum absolute atomic E-state index is 11.6. The number of phosphoric ester groups is 1. The Morgan fingerprint density at radius 1 is 1.15 bits per heavy atom. The number of ether oxygens (including phenoxy) is 2. The molecule has 150 valence electrons. The number of non-ortho nitro benzene ring substituents is 1. The summed E-state index contributed by atoms with van der Waals surface area (Å²) < 4.78 is 24.4. The fourth-order valence-electron chi connectivity index (χ4n) is 1.74. The number of hydrogen-bond acceptors (Lipinski definition) is 9. The second-order valence-electron chi connectivity index (χ2n) is 5.16. The van der Waals surface area contributed by atoms with Gasteiger partial charge in [0.15, 0.2) is 0 Å². The first kappa shape index (κ1) is 22.7. The molecule has 0 aromatic heterocycles. The smallest absolute Gasteiger partial charge is 0.457 e. The summed E-state index contributed by atoms with van der Waals surface area (Å²) in [6.07, 6.45) is -1.55. The van der Waals surface area contributed by atoms with Gasteiger partial charge in [0.05, 0.1) is 18.1 Å². The minimum Gasteiger partial charge on any atom is -0.457 e. The highest BCUT2D eigenvalue weighted by atomic mass is 31.2. The summed E-state index contributed by atoms with van der Waals surface area (Å²) in [6, 6.07) is 4.87. The van der Waals surface area contributed by atoms with Gasteiger partial charge >= 0.3 is 19.8 Å². The van der Waals surface area contributed by atoms with E-state index >= 15 is 0 Å². The van der Waals surface area contributed by atoms with Gasteiger partial charge in [-0.1, -0.05) is 0 Å². The van der Waals surface area contributed by atoms with Gasteiger partial charge < -0.3 is 24.4 Å². The van der Waals surface area contributed by atoms with Gasteiger partial charge in [-0.25, -0.2) is 4.57 Å². The van der Waals surface area contributed by atoms with Crippen LogP contribution in [0.3, 0.4) is 0 Å². The highest BCUT2D eigenvalue weighted by Gasteiger charge is 2.20. The Kier molecular flexibility index (Phi) is 8.98. The van der Waals surface area contributed by atoms with Crippen molar-refractivity contribution in [3.8, 4) is 5.75 Å². The number of hydrogen-bond donors (Lipinski definition) is 3. The summed E-state index contributed by atoms with van der Waals surface area (Å²) >= 11 is 0. The molecule has 0 aliphatic heterocycles. The number of nitro groups is 1. The third-order valence-corrected chi connectivity index (χ3v) is 3.46. The molecular weight excluding hydrogens is 389 g/mol. The molecule has 0 aliphatic carbocycles. The Labute approximate surface area is 153 Å². The standard InChI is InChI=1S/C14H18NO11P/c16-8-12(9-24-27(21,22)23)26-14(18)3-1-2-13(17)25-11-6-4-10(5-7-11)15(19)20/h4-7,12,16H,1-3,8-9H2,(H2,21,22,23). The zero-order chi connectivity index (χ0) is 20.4. The highest BCUT2D eigenvalue weighted by Crippen LogP contribution is 2.35. The normalized spacial score (nSPS) is 12.3. The Morgan fingerprint density at radius 2 is 1.74 bits per heavy atom. The van der Waals surface area contributed by atoms with E-state index in [2.05, 4.69) is 4.52 Å². The summed E-state index contributed by atoms with van der Waals surface area (Å²) in [5, 5.41) is 19.5. The molecule has 0 amide bonds. The molecule has 0 bridgehead atoms. The number of nitrogens with zero attached hydrogens (tertiary/aromatic N) is 1. The Bertz CT molecular complexity index is 700. The summed E-state index contributed by atoms with van der Waals surface area (Å²) in [7, 11) is -4.75. The predicted octanol–water partition coefficient (Wildman–Crippen LogP) is 0.684. The van der Waals surface area contributed by atoms with E-state index in [-0.39, 0.29) is 30.7 Å². The van der Waals surface area contributed by atoms with E-state index in [1.165, 1.54) is 24.3 Å². The number of aliphatic hydroxyl groups is 1. The zero-order valence-electron chi connectivity index (χ0n) is 13.9. The van der Waals surface area contributed by atoms with Gasteiger partial charge in [-0.05, 0) is 18.6 Å². The van der Waals surface area contributed by atoms with Crippen LogP contribution in [0.25, 0.3) is 0 Å². The van der Waals surface area contributed by atoms with Crippen LogP contribution < -0.4 is 4.74 Å². The van der Waals surface area contributed by atoms with Gasteiger partial charge in [0, 0.05) is 25.0 Å². The molecule has 13 heteroatoms. The second-order valence-corrected chi connectivity index (χ2v) is 6.40. The van der Waals surface area contributed by atoms with Gasteiger partial charge in [-0.3, -0.25) is 24.2 Å². The van der Waals surface area contributed by atoms with E-state index in [9.17, 15) is 24.3 Å². The number of rotatable bonds is 11. The van der Waals surface area contributed by atoms with Crippen molar-refractivity contribution < 1.29 is 48.0 Å². The van der Waals surface area contributed by atoms with Crippen LogP contribution in [-0.2, 0) is 23.4 Å². The Balaban J connectivity index is 2.32. The third kappa shape index (κ3) is 9.78. The summed E-state index contributed by atoms with van der Waals surface area (Å²) in [4.78, 5) is 50.2. The molecule has 0 aliphatic rings. The first-order chi connectivity index (χ1) is 12.6. The van der Waals surface area contributed by atoms with E-state index in [4.69, 9.17) is 24.4 Å². The number of nitro benzene ring substituents is 1. The lowest BCUT2D eigenvalue weighted by molar-refractivity contribution is -0.384. The topological polar surface area (TPSA) is 183 Å². The molecule has 1 rings (SSSR count). The van der Waals surface area contributed by atoms with Crippen molar-refractivity contribution in [1.29, 1.82) is 0 Å². The molecule has 1 aromatic rings. The minimum atomic E-state index is -4.75. The van der Waals surface area contributed by atoms with Gasteiger partial charge in [0.2, 0.25) is 0 Å². The van der Waals surface area contributed by atoms with Crippen molar-refractivity contribution in [3.63, 3.8) is 0 Å². The lowest BCUT2D eigenvalue weighted by Crippen LogP contribution is -2.26. The predicted molar refractivity (Wildman–Crippen MR) is 87.5 cm³/mol. The van der Waals surface area contributed by atoms with Gasteiger partial charge in [-0.2, -0.15) is 0 Å². The summed E-state index contributed by atoms with van der Waals surface area (Å²) in [5.74, 6) is -1.35. The molecule has 1 aromatic carbocycles. The molecule has 1 unspecified atom stereocenters. The van der Waals surface area contributed by atoms with Crippen molar-refractivity contribution in [3.05, 3.63) is 34.4 Å². The van der Waals surface area contributed by atoms with Crippen molar-refractivity contribution in [1.82, 2.24) is 0 Å². The van der Waals surface area contributed by atoms with Gasteiger partial charge in [-0.15, -0.1) is 0 Å². The van der Waals surface area contributed by atoms with Crippen molar-refractivity contribution in [2.24, 2.45) is 0 Å². The lowest BCUT2D eigenvalue weighted by atomic mass is 10.2. The SMILES string of the molecule is O=C(CCCC(=O)OC(CO)COP(=O)(O)O)Oc1ccc([N+](=O)[O-])cc1. The molecule has 1 atom stereocenters. The molecule has 0 saturated carbocycles. The van der Waals surface area contributed by atoms with Crippen LogP contribution in [0, 0.1) is 10.1 Å². The van der Waals surface area contributed by atoms with Crippen LogP contribution in [0.2, 0.25) is 0 Å². The number of carbonyl (C=O) groups is 2. The van der Waals surface area contributed by atoms with E-state index < -0.39 is 44.0 Å². The largest absolute Gasteiger partial charge is 0.469 e. The van der Waals surface area contributed by atoms with Crippen LogP contribution in [0.1, 0.15) is 19.3 Å². The van der Waals surface area contributed by atoms with Crippen LogP contribution in [-0.4, -0.2) is 51.1 Å². The summed E-state index contributed by atoms with van der Waals surface area (Å²) in [5.41, 5.74) is -0.154. The number of benzene rings is 1. The molecule has 0 spiro atoms. The number of esters is 2. The van der Waals surface area contributed by atoms with E-state index in [1.54, 1.807) is 0 Å². The van der Waals surface area contributed by atoms with Gasteiger partial charge in [0.25, 0.3) is 5.69 Å². The van der Waals surface area contributed by atoms with Crippen molar-refractivity contribution in [2.45, 2.75) is 25.4 Å². The van der Waals surface area contributed by atoms with Crippen molar-refractivity contribution >= 4 is 25.4 Å². The fourth-order valence-corrected chi connectivity index (χ4v) is 2.10. The van der Waals surface area contributed by atoms with E-state index in [0.29, 0.717) is 0 Å². The minimum absolute atomic E-state index is 0.0577. The molecule has 0 fully saturated rings. The maximum atomic E-state index is 11.6.